The maximum atomic E-state index is 12.4. The molecule has 1 amide bonds. The first-order valence-corrected chi connectivity index (χ1v) is 10.6. The number of amides is 1. The lowest BCUT2D eigenvalue weighted by Crippen LogP contribution is -2.36. The Kier molecular flexibility index (Phi) is 6.80. The quantitative estimate of drug-likeness (QED) is 0.716. The first-order valence-electron chi connectivity index (χ1n) is 8.59. The summed E-state index contributed by atoms with van der Waals surface area (Å²) in [5.74, 6) is 0.485. The molecule has 0 N–H and O–H groups in total. The van der Waals surface area contributed by atoms with Crippen molar-refractivity contribution < 1.29 is 13.2 Å². The zero-order valence-electron chi connectivity index (χ0n) is 14.6. The number of hydrogen-bond donors (Lipinski definition) is 0. The van der Waals surface area contributed by atoms with Gasteiger partial charge >= 0.3 is 0 Å². The lowest BCUT2D eigenvalue weighted by Gasteiger charge is -2.22. The van der Waals surface area contributed by atoms with Gasteiger partial charge in [0, 0.05) is 38.9 Å². The van der Waals surface area contributed by atoms with E-state index in [1.807, 2.05) is 25.1 Å². The fourth-order valence-electron chi connectivity index (χ4n) is 3.18. The summed E-state index contributed by atoms with van der Waals surface area (Å²) in [6.07, 6.45) is 2.76. The van der Waals surface area contributed by atoms with Gasteiger partial charge in [0.15, 0.2) is 0 Å². The monoisotopic (exact) mass is 352 g/mol. The Hall–Kier alpha value is -1.40. The molecule has 1 saturated heterocycles. The summed E-state index contributed by atoms with van der Waals surface area (Å²) in [6, 6.07) is 10.4. The van der Waals surface area contributed by atoms with Crippen molar-refractivity contribution in [2.24, 2.45) is 5.92 Å². The molecule has 1 aromatic carbocycles. The number of rotatable bonds is 8. The molecule has 1 unspecified atom stereocenters. The molecule has 1 aliphatic rings. The normalized spacial score (nSPS) is 18.7. The van der Waals surface area contributed by atoms with Crippen LogP contribution in [0.5, 0.6) is 0 Å². The van der Waals surface area contributed by atoms with Gasteiger partial charge in [0.2, 0.25) is 5.91 Å². The van der Waals surface area contributed by atoms with Crippen LogP contribution in [0.15, 0.2) is 30.3 Å². The minimum Gasteiger partial charge on any atom is -0.342 e. The van der Waals surface area contributed by atoms with Crippen molar-refractivity contribution in [3.05, 3.63) is 35.9 Å². The lowest BCUT2D eigenvalue weighted by atomic mass is 10.0. The molecule has 5 nitrogen and oxygen atoms in total. The summed E-state index contributed by atoms with van der Waals surface area (Å²) in [5.41, 5.74) is 1.30. The minimum absolute atomic E-state index is 0.0391. The van der Waals surface area contributed by atoms with Crippen LogP contribution in [-0.2, 0) is 21.2 Å². The molecule has 0 radical (unpaired) electrons. The standard InChI is InChI=1S/C18H28N2O3S/c1-3-20(11-12-24(2,22)23)18(21)13-17-9-10-19(15-17)14-16-7-5-4-6-8-16/h4-8,17H,3,9-15H2,1-2H3. The molecular weight excluding hydrogens is 324 g/mol. The van der Waals surface area contributed by atoms with E-state index >= 15 is 0 Å². The molecule has 0 spiro atoms. The van der Waals surface area contributed by atoms with Crippen molar-refractivity contribution in [1.82, 2.24) is 9.80 Å². The second-order valence-electron chi connectivity index (χ2n) is 6.68. The van der Waals surface area contributed by atoms with E-state index in [0.717, 1.165) is 26.1 Å². The van der Waals surface area contributed by atoms with Crippen molar-refractivity contribution in [3.8, 4) is 0 Å². The summed E-state index contributed by atoms with van der Waals surface area (Å²) in [6.45, 7) is 5.64. The average molecular weight is 353 g/mol. The van der Waals surface area contributed by atoms with Crippen molar-refractivity contribution in [2.75, 3.05) is 38.2 Å². The number of sulfone groups is 1. The predicted molar refractivity (Wildman–Crippen MR) is 96.4 cm³/mol. The van der Waals surface area contributed by atoms with Crippen LogP contribution >= 0.6 is 0 Å². The summed E-state index contributed by atoms with van der Waals surface area (Å²) in [7, 11) is -3.04. The third kappa shape index (κ3) is 6.24. The van der Waals surface area contributed by atoms with E-state index in [1.165, 1.54) is 11.8 Å². The van der Waals surface area contributed by atoms with Crippen LogP contribution in [0, 0.1) is 5.92 Å². The third-order valence-corrected chi connectivity index (χ3v) is 5.47. The van der Waals surface area contributed by atoms with E-state index in [9.17, 15) is 13.2 Å². The summed E-state index contributed by atoms with van der Waals surface area (Å²) in [4.78, 5) is 16.5. The van der Waals surface area contributed by atoms with Crippen molar-refractivity contribution >= 4 is 15.7 Å². The molecule has 1 atom stereocenters. The van der Waals surface area contributed by atoms with Gasteiger partial charge < -0.3 is 4.90 Å². The smallest absolute Gasteiger partial charge is 0.222 e. The minimum atomic E-state index is -3.04. The van der Waals surface area contributed by atoms with Gasteiger partial charge in [-0.2, -0.15) is 0 Å². The van der Waals surface area contributed by atoms with Crippen LogP contribution < -0.4 is 0 Å². The highest BCUT2D eigenvalue weighted by Crippen LogP contribution is 2.22. The molecular formula is C18H28N2O3S. The molecule has 2 rings (SSSR count). The highest BCUT2D eigenvalue weighted by molar-refractivity contribution is 7.90. The Labute approximate surface area is 145 Å². The summed E-state index contributed by atoms with van der Waals surface area (Å²) >= 11 is 0. The van der Waals surface area contributed by atoms with Gasteiger partial charge in [0.1, 0.15) is 9.84 Å². The second-order valence-corrected chi connectivity index (χ2v) is 8.94. The second kappa shape index (κ2) is 8.62. The molecule has 0 bridgehead atoms. The van der Waals surface area contributed by atoms with Crippen molar-refractivity contribution in [3.63, 3.8) is 0 Å². The van der Waals surface area contributed by atoms with E-state index in [0.29, 0.717) is 25.4 Å². The molecule has 1 heterocycles. The van der Waals surface area contributed by atoms with E-state index in [2.05, 4.69) is 17.0 Å². The highest BCUT2D eigenvalue weighted by Gasteiger charge is 2.26. The van der Waals surface area contributed by atoms with Gasteiger partial charge in [-0.3, -0.25) is 9.69 Å². The zero-order chi connectivity index (χ0) is 17.6. The van der Waals surface area contributed by atoms with Crippen molar-refractivity contribution in [1.29, 1.82) is 0 Å². The molecule has 1 aromatic rings. The molecule has 134 valence electrons. The van der Waals surface area contributed by atoms with E-state index < -0.39 is 9.84 Å². The van der Waals surface area contributed by atoms with Gasteiger partial charge in [-0.1, -0.05) is 30.3 Å². The zero-order valence-corrected chi connectivity index (χ0v) is 15.5. The molecule has 0 aliphatic carbocycles. The number of nitrogens with zero attached hydrogens (tertiary/aromatic N) is 2. The molecule has 0 aromatic heterocycles. The largest absolute Gasteiger partial charge is 0.342 e. The first-order chi connectivity index (χ1) is 11.4. The van der Waals surface area contributed by atoms with Crippen LogP contribution in [0.25, 0.3) is 0 Å². The number of carbonyl (C=O) groups excluding carboxylic acids is 1. The predicted octanol–water partition coefficient (Wildman–Crippen LogP) is 1.79. The van der Waals surface area contributed by atoms with Crippen LogP contribution in [0.1, 0.15) is 25.3 Å². The maximum Gasteiger partial charge on any atom is 0.222 e. The Morgan fingerprint density at radius 2 is 2.00 bits per heavy atom. The molecule has 1 aliphatic heterocycles. The Morgan fingerprint density at radius 3 is 2.62 bits per heavy atom. The number of carbonyl (C=O) groups is 1. The highest BCUT2D eigenvalue weighted by atomic mass is 32.2. The SMILES string of the molecule is CCN(CCS(C)(=O)=O)C(=O)CC1CCN(Cc2ccccc2)C1. The number of hydrogen-bond acceptors (Lipinski definition) is 4. The van der Waals surface area contributed by atoms with Gasteiger partial charge in [-0.25, -0.2) is 8.42 Å². The molecule has 0 saturated carbocycles. The van der Waals surface area contributed by atoms with Crippen LogP contribution in [0.3, 0.4) is 0 Å². The van der Waals surface area contributed by atoms with Gasteiger partial charge in [0.25, 0.3) is 0 Å². The van der Waals surface area contributed by atoms with Crippen LogP contribution in [0.2, 0.25) is 0 Å². The van der Waals surface area contributed by atoms with Crippen molar-refractivity contribution in [2.45, 2.75) is 26.3 Å². The molecule has 6 heteroatoms. The fourth-order valence-corrected chi connectivity index (χ4v) is 3.73. The number of likely N-dealkylation sites (tertiary alicyclic amines) is 1. The first kappa shape index (κ1) is 18.9. The van der Waals surface area contributed by atoms with Gasteiger partial charge in [0.05, 0.1) is 5.75 Å². The van der Waals surface area contributed by atoms with E-state index in [4.69, 9.17) is 0 Å². The summed E-state index contributed by atoms with van der Waals surface area (Å²) < 4.78 is 22.6. The molecule has 24 heavy (non-hydrogen) atoms. The summed E-state index contributed by atoms with van der Waals surface area (Å²) in [5, 5.41) is 0. The van der Waals surface area contributed by atoms with E-state index in [-0.39, 0.29) is 11.7 Å². The third-order valence-electron chi connectivity index (χ3n) is 4.55. The average Bonchev–Trinajstić information content (AvgIpc) is 2.94. The maximum absolute atomic E-state index is 12.4. The van der Waals surface area contributed by atoms with Crippen LogP contribution in [-0.4, -0.2) is 62.3 Å². The van der Waals surface area contributed by atoms with E-state index in [1.54, 1.807) is 4.90 Å². The Morgan fingerprint density at radius 1 is 1.29 bits per heavy atom. The fraction of sp³-hybridized carbons (Fsp3) is 0.611. The van der Waals surface area contributed by atoms with Gasteiger partial charge in [-0.05, 0) is 31.4 Å². The lowest BCUT2D eigenvalue weighted by molar-refractivity contribution is -0.131. The Bertz CT molecular complexity index is 631. The van der Waals surface area contributed by atoms with Gasteiger partial charge in [-0.15, -0.1) is 0 Å². The molecule has 1 fully saturated rings. The van der Waals surface area contributed by atoms with Crippen LogP contribution in [0.4, 0.5) is 0 Å². The topological polar surface area (TPSA) is 57.7 Å². The Balaban J connectivity index is 1.79. The number of benzene rings is 1.